The molecule has 1 aliphatic rings. The van der Waals surface area contributed by atoms with Crippen molar-refractivity contribution in [3.8, 4) is 0 Å². The number of hydrogen-bond acceptors (Lipinski definition) is 2. The fourth-order valence-corrected chi connectivity index (χ4v) is 2.88. The average molecular weight is 310 g/mol. The van der Waals surface area contributed by atoms with Crippen LogP contribution in [0.4, 0.5) is 4.79 Å². The van der Waals surface area contributed by atoms with Crippen LogP contribution in [-0.4, -0.2) is 36.0 Å². The van der Waals surface area contributed by atoms with Crippen LogP contribution in [0.3, 0.4) is 0 Å². The van der Waals surface area contributed by atoms with Crippen LogP contribution in [-0.2, 0) is 0 Å². The van der Waals surface area contributed by atoms with Gasteiger partial charge in [0.05, 0.1) is 0 Å². The molecule has 0 spiro atoms. The van der Waals surface area contributed by atoms with Crippen molar-refractivity contribution in [1.82, 2.24) is 10.2 Å². The van der Waals surface area contributed by atoms with Crippen molar-refractivity contribution in [3.05, 3.63) is 34.3 Å². The second-order valence-electron chi connectivity index (χ2n) is 5.63. The lowest BCUT2D eigenvalue weighted by atomic mass is 10.0. The fourth-order valence-electron chi connectivity index (χ4n) is 2.48. The highest BCUT2D eigenvalue weighted by Crippen LogP contribution is 2.25. The van der Waals surface area contributed by atoms with E-state index < -0.39 is 6.03 Å². The zero-order chi connectivity index (χ0) is 15.6. The van der Waals surface area contributed by atoms with Crippen molar-refractivity contribution in [1.29, 1.82) is 0 Å². The number of carbonyl (C=O) groups is 2. The number of likely N-dealkylation sites (tertiary alicyclic amines) is 1. The van der Waals surface area contributed by atoms with Gasteiger partial charge in [0, 0.05) is 29.7 Å². The molecule has 1 aliphatic heterocycles. The number of nitrogens with two attached hydrogens (primary N) is 1. The molecule has 0 radical (unpaired) electrons. The van der Waals surface area contributed by atoms with E-state index >= 15 is 0 Å². The molecular formula is C15H20ClN3O2. The summed E-state index contributed by atoms with van der Waals surface area (Å²) in [4.78, 5) is 24.8. The van der Waals surface area contributed by atoms with E-state index in [1.54, 1.807) is 12.1 Å². The van der Waals surface area contributed by atoms with Gasteiger partial charge in [-0.05, 0) is 30.0 Å². The minimum atomic E-state index is -0.448. The summed E-state index contributed by atoms with van der Waals surface area (Å²) in [5.41, 5.74) is 6.78. The summed E-state index contributed by atoms with van der Waals surface area (Å²) < 4.78 is 0. The quantitative estimate of drug-likeness (QED) is 0.899. The Kier molecular flexibility index (Phi) is 4.73. The Hall–Kier alpha value is -1.75. The van der Waals surface area contributed by atoms with Crippen LogP contribution in [0.5, 0.6) is 0 Å². The first-order valence-corrected chi connectivity index (χ1v) is 7.41. The molecule has 114 valence electrons. The number of primary amides is 1. The number of hydrogen-bond donors (Lipinski definition) is 2. The van der Waals surface area contributed by atoms with E-state index in [0.29, 0.717) is 36.0 Å². The summed E-state index contributed by atoms with van der Waals surface area (Å²) in [7, 11) is 0. The van der Waals surface area contributed by atoms with Gasteiger partial charge in [0.15, 0.2) is 0 Å². The van der Waals surface area contributed by atoms with E-state index in [4.69, 9.17) is 17.3 Å². The number of nitrogens with one attached hydrogen (secondary N) is 1. The molecule has 0 saturated carbocycles. The third-order valence-corrected chi connectivity index (χ3v) is 4.05. The Morgan fingerprint density at radius 2 is 2.14 bits per heavy atom. The molecule has 21 heavy (non-hydrogen) atoms. The molecule has 6 heteroatoms. The highest BCUT2D eigenvalue weighted by atomic mass is 35.5. The van der Waals surface area contributed by atoms with E-state index in [0.717, 1.165) is 5.56 Å². The summed E-state index contributed by atoms with van der Waals surface area (Å²) in [6, 6.07) is 4.83. The van der Waals surface area contributed by atoms with Gasteiger partial charge in [0.1, 0.15) is 0 Å². The Morgan fingerprint density at radius 3 is 2.67 bits per heavy atom. The standard InChI is InChI=1S/C15H20ClN3O2/c1-9(2)12-4-3-10(7-13(12)16)14(20)18-11-5-6-19(8-11)15(17)21/h3-4,7,9,11H,5-6,8H2,1-2H3,(H2,17,21)(H,18,20)/t11-/m0/s1. The van der Waals surface area contributed by atoms with Crippen molar-refractivity contribution < 1.29 is 9.59 Å². The van der Waals surface area contributed by atoms with Crippen LogP contribution in [0.2, 0.25) is 5.02 Å². The van der Waals surface area contributed by atoms with E-state index in [9.17, 15) is 9.59 Å². The van der Waals surface area contributed by atoms with Crippen molar-refractivity contribution in [3.63, 3.8) is 0 Å². The Labute approximate surface area is 129 Å². The lowest BCUT2D eigenvalue weighted by molar-refractivity contribution is 0.0938. The fraction of sp³-hybridized carbons (Fsp3) is 0.467. The first-order valence-electron chi connectivity index (χ1n) is 7.03. The lowest BCUT2D eigenvalue weighted by Gasteiger charge is -2.15. The molecule has 5 nitrogen and oxygen atoms in total. The molecule has 1 aromatic rings. The van der Waals surface area contributed by atoms with E-state index in [2.05, 4.69) is 19.2 Å². The van der Waals surface area contributed by atoms with Gasteiger partial charge in [-0.1, -0.05) is 31.5 Å². The van der Waals surface area contributed by atoms with Crippen molar-refractivity contribution in [2.75, 3.05) is 13.1 Å². The smallest absolute Gasteiger partial charge is 0.314 e. The summed E-state index contributed by atoms with van der Waals surface area (Å²) in [5, 5.41) is 3.51. The van der Waals surface area contributed by atoms with Crippen LogP contribution in [0.1, 0.15) is 42.1 Å². The SMILES string of the molecule is CC(C)c1ccc(C(=O)N[C@H]2CCN(C(N)=O)C2)cc1Cl. The molecule has 1 saturated heterocycles. The van der Waals surface area contributed by atoms with Crippen LogP contribution < -0.4 is 11.1 Å². The molecule has 0 unspecified atom stereocenters. The number of amides is 3. The van der Waals surface area contributed by atoms with Crippen molar-refractivity contribution in [2.24, 2.45) is 5.73 Å². The maximum Gasteiger partial charge on any atom is 0.314 e. The van der Waals surface area contributed by atoms with Gasteiger partial charge in [-0.2, -0.15) is 0 Å². The van der Waals surface area contributed by atoms with Crippen molar-refractivity contribution >= 4 is 23.5 Å². The Morgan fingerprint density at radius 1 is 1.43 bits per heavy atom. The van der Waals surface area contributed by atoms with Gasteiger partial charge >= 0.3 is 6.03 Å². The third-order valence-electron chi connectivity index (χ3n) is 3.72. The molecule has 1 fully saturated rings. The molecule has 3 N–H and O–H groups in total. The van der Waals surface area contributed by atoms with Gasteiger partial charge in [-0.3, -0.25) is 4.79 Å². The Balaban J connectivity index is 2.01. The molecule has 3 amide bonds. The van der Waals surface area contributed by atoms with Gasteiger partial charge in [-0.15, -0.1) is 0 Å². The van der Waals surface area contributed by atoms with E-state index in [1.165, 1.54) is 4.90 Å². The average Bonchev–Trinajstić information content (AvgIpc) is 2.86. The minimum Gasteiger partial charge on any atom is -0.351 e. The number of nitrogens with zero attached hydrogens (tertiary/aromatic N) is 1. The summed E-state index contributed by atoms with van der Waals surface area (Å²) in [5.74, 6) is 0.136. The normalized spacial score (nSPS) is 18.1. The predicted octanol–water partition coefficient (Wildman–Crippen LogP) is 2.35. The first kappa shape index (κ1) is 15.6. The maximum absolute atomic E-state index is 12.2. The van der Waals surface area contributed by atoms with Crippen LogP contribution >= 0.6 is 11.6 Å². The number of halogens is 1. The molecule has 1 atom stereocenters. The Bertz CT molecular complexity index is 560. The highest BCUT2D eigenvalue weighted by Gasteiger charge is 2.26. The molecule has 0 bridgehead atoms. The molecule has 0 aromatic heterocycles. The van der Waals surface area contributed by atoms with E-state index in [-0.39, 0.29) is 11.9 Å². The second-order valence-corrected chi connectivity index (χ2v) is 6.04. The number of rotatable bonds is 3. The van der Waals surface area contributed by atoms with Gasteiger partial charge in [-0.25, -0.2) is 4.79 Å². The lowest BCUT2D eigenvalue weighted by Crippen LogP contribution is -2.40. The number of benzene rings is 1. The molecule has 1 heterocycles. The molecule has 0 aliphatic carbocycles. The van der Waals surface area contributed by atoms with E-state index in [1.807, 2.05) is 6.07 Å². The molecule has 2 rings (SSSR count). The predicted molar refractivity (Wildman–Crippen MR) is 82.6 cm³/mol. The third kappa shape index (κ3) is 3.67. The summed E-state index contributed by atoms with van der Waals surface area (Å²) in [6.45, 7) is 5.14. The largest absolute Gasteiger partial charge is 0.351 e. The van der Waals surface area contributed by atoms with Crippen molar-refractivity contribution in [2.45, 2.75) is 32.2 Å². The van der Waals surface area contributed by atoms with Crippen LogP contribution in [0.15, 0.2) is 18.2 Å². The highest BCUT2D eigenvalue weighted by molar-refractivity contribution is 6.31. The molecular weight excluding hydrogens is 290 g/mol. The summed E-state index contributed by atoms with van der Waals surface area (Å²) in [6.07, 6.45) is 0.715. The first-order chi connectivity index (χ1) is 9.88. The number of carbonyl (C=O) groups excluding carboxylic acids is 2. The number of urea groups is 1. The zero-order valence-electron chi connectivity index (χ0n) is 12.2. The van der Waals surface area contributed by atoms with Gasteiger partial charge in [0.2, 0.25) is 0 Å². The minimum absolute atomic E-state index is 0.0615. The zero-order valence-corrected chi connectivity index (χ0v) is 13.0. The summed E-state index contributed by atoms with van der Waals surface area (Å²) >= 11 is 6.20. The van der Waals surface area contributed by atoms with Crippen LogP contribution in [0.25, 0.3) is 0 Å². The second kappa shape index (κ2) is 6.35. The maximum atomic E-state index is 12.2. The topological polar surface area (TPSA) is 75.4 Å². The van der Waals surface area contributed by atoms with Crippen LogP contribution in [0, 0.1) is 0 Å². The monoisotopic (exact) mass is 309 g/mol. The molecule has 1 aromatic carbocycles. The van der Waals surface area contributed by atoms with Gasteiger partial charge < -0.3 is 16.0 Å². The van der Waals surface area contributed by atoms with Gasteiger partial charge in [0.25, 0.3) is 5.91 Å².